The van der Waals surface area contributed by atoms with Crippen LogP contribution in [0.1, 0.15) is 90.9 Å². The lowest BCUT2D eigenvalue weighted by Gasteiger charge is -2.48. The van der Waals surface area contributed by atoms with E-state index >= 15 is 0 Å². The number of hydrogen-bond acceptors (Lipinski definition) is 1. The average molecular weight is 349 g/mol. The summed E-state index contributed by atoms with van der Waals surface area (Å²) in [5.41, 5.74) is -0.143. The molecule has 5 aliphatic rings. The summed E-state index contributed by atoms with van der Waals surface area (Å²) in [6.07, 6.45) is 17.4. The molecule has 142 valence electrons. The van der Waals surface area contributed by atoms with Crippen molar-refractivity contribution in [1.29, 1.82) is 0 Å². The highest BCUT2D eigenvalue weighted by molar-refractivity contribution is 5.21. The maximum Gasteiger partial charge on any atom is 0.105 e. The molecule has 0 unspecified atom stereocenters. The van der Waals surface area contributed by atoms with Crippen LogP contribution in [-0.4, -0.2) is 12.7 Å². The van der Waals surface area contributed by atoms with Crippen LogP contribution in [0.5, 0.6) is 0 Å². The molecule has 25 heavy (non-hydrogen) atoms. The summed E-state index contributed by atoms with van der Waals surface area (Å²) in [6.45, 7) is 5.25. The van der Waals surface area contributed by atoms with E-state index in [4.69, 9.17) is 4.74 Å². The fraction of sp³-hybridized carbons (Fsp3) is 0.913. The fourth-order valence-corrected chi connectivity index (χ4v) is 6.12. The second kappa shape index (κ2) is 6.98. The minimum atomic E-state index is -0.270. The van der Waals surface area contributed by atoms with Crippen molar-refractivity contribution in [2.75, 3.05) is 6.61 Å². The van der Waals surface area contributed by atoms with Gasteiger partial charge >= 0.3 is 0 Å². The Morgan fingerprint density at radius 1 is 0.920 bits per heavy atom. The standard InChI is InChI=1S/C23H37FO/c1-17-3-5-18(6-4-17)19-7-9-20(10-8-19)25-16-23-13-11-22(2,12-14-23)15-21(23)24/h15,17-20H,3-14,16H2,1-2H3. The highest BCUT2D eigenvalue weighted by atomic mass is 19.1. The number of halogens is 1. The molecule has 0 radical (unpaired) electrons. The largest absolute Gasteiger partial charge is 0.377 e. The van der Waals surface area contributed by atoms with E-state index in [-0.39, 0.29) is 16.7 Å². The number of hydrogen-bond donors (Lipinski definition) is 0. The van der Waals surface area contributed by atoms with E-state index in [0.29, 0.717) is 12.7 Å². The van der Waals surface area contributed by atoms with Crippen LogP contribution in [0, 0.1) is 28.6 Å². The Balaban J connectivity index is 1.25. The Morgan fingerprint density at radius 2 is 1.48 bits per heavy atom. The number of fused-ring (bicyclic) bond motifs is 2. The Kier molecular flexibility index (Phi) is 5.03. The van der Waals surface area contributed by atoms with Gasteiger partial charge in [0.2, 0.25) is 0 Å². The van der Waals surface area contributed by atoms with Gasteiger partial charge in [-0.2, -0.15) is 0 Å². The summed E-state index contributed by atoms with van der Waals surface area (Å²) in [4.78, 5) is 0. The first-order valence-corrected chi connectivity index (χ1v) is 11.0. The third-order valence-corrected chi connectivity index (χ3v) is 8.37. The molecule has 3 fully saturated rings. The van der Waals surface area contributed by atoms with Crippen LogP contribution in [0.2, 0.25) is 0 Å². The van der Waals surface area contributed by atoms with Gasteiger partial charge in [0.15, 0.2) is 0 Å². The van der Waals surface area contributed by atoms with Crippen LogP contribution in [0.25, 0.3) is 0 Å². The summed E-state index contributed by atoms with van der Waals surface area (Å²) < 4.78 is 21.0. The van der Waals surface area contributed by atoms with Crippen LogP contribution in [0.15, 0.2) is 11.9 Å². The number of ether oxygens (including phenoxy) is 1. The van der Waals surface area contributed by atoms with Gasteiger partial charge in [-0.3, -0.25) is 0 Å². The molecule has 5 aliphatic carbocycles. The monoisotopic (exact) mass is 348 g/mol. The molecular weight excluding hydrogens is 311 g/mol. The maximum absolute atomic E-state index is 14.7. The second-order valence-corrected chi connectivity index (χ2v) is 10.3. The van der Waals surface area contributed by atoms with Crippen LogP contribution in [0.3, 0.4) is 0 Å². The molecule has 0 atom stereocenters. The number of rotatable bonds is 4. The molecule has 0 spiro atoms. The zero-order chi connectivity index (χ0) is 17.5. The van der Waals surface area contributed by atoms with Gasteiger partial charge in [-0.05, 0) is 93.5 Å². The lowest BCUT2D eigenvalue weighted by atomic mass is 9.58. The first-order chi connectivity index (χ1) is 12.0. The van der Waals surface area contributed by atoms with E-state index in [0.717, 1.165) is 43.4 Å². The van der Waals surface area contributed by atoms with Gasteiger partial charge in [-0.15, -0.1) is 0 Å². The van der Waals surface area contributed by atoms with Crippen molar-refractivity contribution in [3.05, 3.63) is 11.9 Å². The SMILES string of the molecule is CC1CCC(C2CCC(OCC34CCC(C)(C=C3F)CC4)CC2)CC1. The molecule has 0 amide bonds. The highest BCUT2D eigenvalue weighted by Gasteiger charge is 2.48. The normalized spacial score (nSPS) is 47.6. The summed E-state index contributed by atoms with van der Waals surface area (Å²) >= 11 is 0. The smallest absolute Gasteiger partial charge is 0.105 e. The molecule has 0 aromatic rings. The molecule has 3 saturated carbocycles. The molecule has 2 bridgehead atoms. The van der Waals surface area contributed by atoms with Crippen LogP contribution >= 0.6 is 0 Å². The summed E-state index contributed by atoms with van der Waals surface area (Å²) in [6, 6.07) is 0. The zero-order valence-electron chi connectivity index (χ0n) is 16.4. The van der Waals surface area contributed by atoms with E-state index in [1.807, 2.05) is 6.08 Å². The predicted molar refractivity (Wildman–Crippen MR) is 101 cm³/mol. The molecule has 0 aliphatic heterocycles. The lowest BCUT2D eigenvalue weighted by Crippen LogP contribution is -2.42. The van der Waals surface area contributed by atoms with Gasteiger partial charge in [0.05, 0.1) is 12.7 Å². The van der Waals surface area contributed by atoms with Gasteiger partial charge in [0, 0.05) is 5.41 Å². The van der Waals surface area contributed by atoms with Gasteiger partial charge in [-0.25, -0.2) is 4.39 Å². The third kappa shape index (κ3) is 3.70. The Labute approximate surface area is 153 Å². The topological polar surface area (TPSA) is 9.23 Å². The van der Waals surface area contributed by atoms with Crippen molar-refractivity contribution < 1.29 is 9.13 Å². The molecule has 0 saturated heterocycles. The molecule has 0 heterocycles. The quantitative estimate of drug-likeness (QED) is 0.541. The third-order valence-electron chi connectivity index (χ3n) is 8.37. The molecule has 0 aromatic heterocycles. The summed E-state index contributed by atoms with van der Waals surface area (Å²) in [5, 5.41) is 0. The van der Waals surface area contributed by atoms with Crippen molar-refractivity contribution in [2.45, 2.75) is 97.0 Å². The molecule has 1 nitrogen and oxygen atoms in total. The summed E-state index contributed by atoms with van der Waals surface area (Å²) in [7, 11) is 0. The lowest BCUT2D eigenvalue weighted by molar-refractivity contribution is -0.0572. The van der Waals surface area contributed by atoms with E-state index in [2.05, 4.69) is 13.8 Å². The molecular formula is C23H37FO. The fourth-order valence-electron chi connectivity index (χ4n) is 6.12. The van der Waals surface area contributed by atoms with Crippen LogP contribution < -0.4 is 0 Å². The summed E-state index contributed by atoms with van der Waals surface area (Å²) in [5.74, 6) is 3.00. The van der Waals surface area contributed by atoms with Crippen LogP contribution in [-0.2, 0) is 4.74 Å². The zero-order valence-corrected chi connectivity index (χ0v) is 16.4. The van der Waals surface area contributed by atoms with Crippen molar-refractivity contribution in [3.8, 4) is 0 Å². The highest BCUT2D eigenvalue weighted by Crippen LogP contribution is 2.56. The van der Waals surface area contributed by atoms with E-state index in [9.17, 15) is 4.39 Å². The number of allylic oxidation sites excluding steroid dienone is 1. The minimum Gasteiger partial charge on any atom is -0.377 e. The Bertz CT molecular complexity index is 486. The van der Waals surface area contributed by atoms with Crippen LogP contribution in [0.4, 0.5) is 4.39 Å². The minimum absolute atomic E-state index is 0.126. The van der Waals surface area contributed by atoms with Gasteiger partial charge in [0.1, 0.15) is 5.83 Å². The molecule has 2 heteroatoms. The molecule has 0 N–H and O–H groups in total. The molecule has 5 rings (SSSR count). The second-order valence-electron chi connectivity index (χ2n) is 10.3. The first-order valence-electron chi connectivity index (χ1n) is 11.0. The van der Waals surface area contributed by atoms with Gasteiger partial charge in [-0.1, -0.05) is 26.7 Å². The van der Waals surface area contributed by atoms with E-state index < -0.39 is 0 Å². The Morgan fingerprint density at radius 3 is 2.04 bits per heavy atom. The van der Waals surface area contributed by atoms with Crippen molar-refractivity contribution >= 4 is 0 Å². The average Bonchev–Trinajstić information content (AvgIpc) is 2.62. The predicted octanol–water partition coefficient (Wildman–Crippen LogP) is 6.82. The first kappa shape index (κ1) is 18.0. The Hall–Kier alpha value is -0.370. The van der Waals surface area contributed by atoms with Gasteiger partial charge < -0.3 is 4.74 Å². The molecule has 0 aromatic carbocycles. The van der Waals surface area contributed by atoms with Crippen molar-refractivity contribution in [2.24, 2.45) is 28.6 Å². The van der Waals surface area contributed by atoms with Gasteiger partial charge in [0.25, 0.3) is 0 Å². The van der Waals surface area contributed by atoms with E-state index in [1.165, 1.54) is 51.4 Å². The van der Waals surface area contributed by atoms with E-state index in [1.54, 1.807) is 0 Å². The van der Waals surface area contributed by atoms with Crippen molar-refractivity contribution in [3.63, 3.8) is 0 Å². The van der Waals surface area contributed by atoms with Crippen molar-refractivity contribution in [1.82, 2.24) is 0 Å². The maximum atomic E-state index is 14.7.